The second-order valence-electron chi connectivity index (χ2n) is 6.82. The summed E-state index contributed by atoms with van der Waals surface area (Å²) in [4.78, 5) is 1.86. The van der Waals surface area contributed by atoms with Gasteiger partial charge in [-0.2, -0.15) is 23.2 Å². The van der Waals surface area contributed by atoms with Gasteiger partial charge in [0.25, 0.3) is 0 Å². The lowest BCUT2D eigenvalue weighted by molar-refractivity contribution is -0.150. The number of aromatic hydroxyl groups is 1. The molecule has 31 heavy (non-hydrogen) atoms. The Kier molecular flexibility index (Phi) is 6.17. The van der Waals surface area contributed by atoms with Crippen LogP contribution in [0.25, 0.3) is 10.9 Å². The number of sulfonamides is 1. The number of aryl methyl sites for hydroxylation is 1. The van der Waals surface area contributed by atoms with Crippen LogP contribution in [-0.4, -0.2) is 30.7 Å². The Hall–Kier alpha value is -2.45. The second kappa shape index (κ2) is 8.24. The molecule has 3 rings (SSSR count). The number of nitriles is 1. The molecule has 0 aliphatic heterocycles. The van der Waals surface area contributed by atoms with E-state index in [1.807, 2.05) is 6.07 Å². The van der Waals surface area contributed by atoms with Crippen LogP contribution >= 0.6 is 23.2 Å². The number of aromatic amines is 1. The van der Waals surface area contributed by atoms with E-state index < -0.39 is 44.3 Å². The lowest BCUT2D eigenvalue weighted by Gasteiger charge is -2.22. The van der Waals surface area contributed by atoms with Crippen molar-refractivity contribution in [2.24, 2.45) is 0 Å². The van der Waals surface area contributed by atoms with Gasteiger partial charge in [-0.1, -0.05) is 23.2 Å². The summed E-state index contributed by atoms with van der Waals surface area (Å²) in [6.07, 6.45) is -4.43. The maximum absolute atomic E-state index is 13.7. The number of rotatable bonds is 5. The first-order chi connectivity index (χ1) is 14.3. The van der Waals surface area contributed by atoms with E-state index in [1.54, 1.807) is 23.8 Å². The number of hydrogen-bond acceptors (Lipinski definition) is 4. The van der Waals surface area contributed by atoms with Gasteiger partial charge >= 0.3 is 6.18 Å². The normalized spacial score (nSPS) is 13.3. The van der Waals surface area contributed by atoms with Crippen LogP contribution in [0.15, 0.2) is 35.4 Å². The Morgan fingerprint density at radius 1 is 1.26 bits per heavy atom. The van der Waals surface area contributed by atoms with Crippen molar-refractivity contribution in [1.29, 1.82) is 5.26 Å². The average Bonchev–Trinajstić information content (AvgIpc) is 3.01. The van der Waals surface area contributed by atoms with Crippen LogP contribution in [0.4, 0.5) is 13.2 Å². The zero-order valence-corrected chi connectivity index (χ0v) is 18.0. The van der Waals surface area contributed by atoms with E-state index in [4.69, 9.17) is 23.2 Å². The highest BCUT2D eigenvalue weighted by molar-refractivity contribution is 7.89. The van der Waals surface area contributed by atoms with Crippen molar-refractivity contribution < 1.29 is 26.7 Å². The van der Waals surface area contributed by atoms with Gasteiger partial charge in [0.1, 0.15) is 22.8 Å². The third-order valence-electron chi connectivity index (χ3n) is 4.51. The van der Waals surface area contributed by atoms with Gasteiger partial charge in [-0.05, 0) is 42.7 Å². The van der Waals surface area contributed by atoms with Gasteiger partial charge in [-0.25, -0.2) is 8.42 Å². The Balaban J connectivity index is 2.03. The van der Waals surface area contributed by atoms with Crippen LogP contribution in [0.3, 0.4) is 0 Å². The first kappa shape index (κ1) is 23.2. The molecule has 0 aliphatic rings. The molecule has 1 heterocycles. The molecular formula is C19H14Cl2F3N3O3S. The Bertz CT molecular complexity index is 1290. The molecule has 0 bridgehead atoms. The van der Waals surface area contributed by atoms with Crippen LogP contribution < -0.4 is 4.72 Å². The minimum atomic E-state index is -4.97. The summed E-state index contributed by atoms with van der Waals surface area (Å²) < 4.78 is 68.1. The van der Waals surface area contributed by atoms with Gasteiger partial charge in [0.05, 0.1) is 16.1 Å². The maximum atomic E-state index is 13.7. The molecule has 0 spiro atoms. The molecule has 164 valence electrons. The fourth-order valence-electron chi connectivity index (χ4n) is 3.19. The highest BCUT2D eigenvalue weighted by atomic mass is 35.5. The molecule has 0 saturated heterocycles. The third kappa shape index (κ3) is 4.75. The van der Waals surface area contributed by atoms with Gasteiger partial charge in [-0.3, -0.25) is 0 Å². The summed E-state index contributed by atoms with van der Waals surface area (Å²) in [5.74, 6) is -0.882. The van der Waals surface area contributed by atoms with Crippen molar-refractivity contribution in [3.8, 4) is 11.8 Å². The Labute approximate surface area is 185 Å². The lowest BCUT2D eigenvalue weighted by Crippen LogP contribution is -2.46. The van der Waals surface area contributed by atoms with E-state index in [1.165, 1.54) is 6.20 Å². The van der Waals surface area contributed by atoms with Crippen LogP contribution in [-0.2, 0) is 16.4 Å². The number of hydrogen-bond donors (Lipinski definition) is 3. The predicted octanol–water partition coefficient (Wildman–Crippen LogP) is 4.81. The first-order valence-corrected chi connectivity index (χ1v) is 10.8. The number of nitrogens with zero attached hydrogens (tertiary/aromatic N) is 1. The van der Waals surface area contributed by atoms with Gasteiger partial charge in [-0.15, -0.1) is 0 Å². The number of phenolic OH excluding ortho intramolecular Hbond substituents is 1. The minimum absolute atomic E-state index is 0.0868. The van der Waals surface area contributed by atoms with Gasteiger partial charge in [0, 0.05) is 22.7 Å². The van der Waals surface area contributed by atoms with Gasteiger partial charge in [0.15, 0.2) is 0 Å². The zero-order valence-electron chi connectivity index (χ0n) is 15.7. The van der Waals surface area contributed by atoms with Crippen molar-refractivity contribution >= 4 is 44.1 Å². The predicted molar refractivity (Wildman–Crippen MR) is 110 cm³/mol. The van der Waals surface area contributed by atoms with E-state index in [9.17, 15) is 32.0 Å². The van der Waals surface area contributed by atoms with Gasteiger partial charge < -0.3 is 10.1 Å². The first-order valence-electron chi connectivity index (χ1n) is 8.61. The van der Waals surface area contributed by atoms with E-state index >= 15 is 0 Å². The molecule has 1 aromatic heterocycles. The summed E-state index contributed by atoms with van der Waals surface area (Å²) in [7, 11) is -4.87. The molecule has 3 N–H and O–H groups in total. The summed E-state index contributed by atoms with van der Waals surface area (Å²) in [5.41, 5.74) is 1.42. The van der Waals surface area contributed by atoms with Crippen molar-refractivity contribution in [2.45, 2.75) is 30.5 Å². The van der Waals surface area contributed by atoms with E-state index in [0.29, 0.717) is 16.5 Å². The van der Waals surface area contributed by atoms with Crippen LogP contribution in [0.1, 0.15) is 16.7 Å². The minimum Gasteiger partial charge on any atom is -0.506 e. The number of phenols is 1. The molecule has 1 unspecified atom stereocenters. The van der Waals surface area contributed by atoms with Crippen LogP contribution in [0, 0.1) is 18.3 Å². The van der Waals surface area contributed by atoms with E-state index in [0.717, 1.165) is 12.1 Å². The number of halogens is 5. The summed E-state index contributed by atoms with van der Waals surface area (Å²) in [6.45, 7) is 1.69. The average molecular weight is 492 g/mol. The van der Waals surface area contributed by atoms with Crippen molar-refractivity contribution in [3.63, 3.8) is 0 Å². The van der Waals surface area contributed by atoms with Crippen LogP contribution in [0.2, 0.25) is 10.0 Å². The molecule has 0 amide bonds. The number of benzene rings is 2. The van der Waals surface area contributed by atoms with E-state index in [2.05, 4.69) is 4.98 Å². The zero-order chi connectivity index (χ0) is 23.1. The maximum Gasteiger partial charge on any atom is 0.405 e. The smallest absolute Gasteiger partial charge is 0.405 e. The highest BCUT2D eigenvalue weighted by Crippen LogP contribution is 2.35. The number of H-pyrrole nitrogens is 1. The van der Waals surface area contributed by atoms with Crippen LogP contribution in [0.5, 0.6) is 5.75 Å². The van der Waals surface area contributed by atoms with Crippen molar-refractivity contribution in [1.82, 2.24) is 9.71 Å². The second-order valence-corrected chi connectivity index (χ2v) is 9.31. The van der Waals surface area contributed by atoms with E-state index in [-0.39, 0.29) is 16.1 Å². The topological polar surface area (TPSA) is 106 Å². The largest absolute Gasteiger partial charge is 0.506 e. The SMILES string of the molecule is Cc1cc(C#N)c2[nH]cc(CC(NS(=O)(=O)c3c(O)cc(Cl)cc3Cl)C(F)(F)F)c2c1. The third-order valence-corrected chi connectivity index (χ3v) is 6.70. The van der Waals surface area contributed by atoms with Crippen molar-refractivity contribution in [2.75, 3.05) is 0 Å². The number of alkyl halides is 3. The molecular weight excluding hydrogens is 478 g/mol. The standard InChI is InChI=1S/C19H14Cl2F3N3O3S/c1-9-2-10(7-25)17-13(3-9)11(8-26-17)4-16(19(22,23)24)27-31(29,30)18-14(21)5-12(20)6-15(18)28/h2-3,5-6,8,16,26-28H,4H2,1H3. The molecule has 1 atom stereocenters. The Morgan fingerprint density at radius 2 is 1.94 bits per heavy atom. The Morgan fingerprint density at radius 3 is 2.52 bits per heavy atom. The lowest BCUT2D eigenvalue weighted by atomic mass is 10.0. The fourth-order valence-corrected chi connectivity index (χ4v) is 5.34. The monoisotopic (exact) mass is 491 g/mol. The molecule has 0 fully saturated rings. The molecule has 0 saturated carbocycles. The summed E-state index contributed by atoms with van der Waals surface area (Å²) in [5, 5.41) is 18.9. The molecule has 0 radical (unpaired) electrons. The number of nitrogens with one attached hydrogen (secondary N) is 2. The molecule has 3 aromatic rings. The number of aromatic nitrogens is 1. The molecule has 0 aliphatic carbocycles. The highest BCUT2D eigenvalue weighted by Gasteiger charge is 2.43. The van der Waals surface area contributed by atoms with Crippen molar-refractivity contribution in [3.05, 3.63) is 57.2 Å². The summed E-state index contributed by atoms with van der Waals surface area (Å²) >= 11 is 11.5. The quantitative estimate of drug-likeness (QED) is 0.475. The summed E-state index contributed by atoms with van der Waals surface area (Å²) in [6, 6.07) is 4.47. The molecule has 2 aromatic carbocycles. The fraction of sp³-hybridized carbons (Fsp3) is 0.211. The molecule has 12 heteroatoms. The number of fused-ring (bicyclic) bond motifs is 1. The molecule has 6 nitrogen and oxygen atoms in total. The van der Waals surface area contributed by atoms with Gasteiger partial charge in [0.2, 0.25) is 10.0 Å².